The fourth-order valence-corrected chi connectivity index (χ4v) is 11.2. The molecule has 6 nitrogen and oxygen atoms in total. The summed E-state index contributed by atoms with van der Waals surface area (Å²) >= 11 is 0. The van der Waals surface area contributed by atoms with Crippen LogP contribution in [-0.4, -0.2) is 35.0 Å². The Hall–Kier alpha value is -2.85. The van der Waals surface area contributed by atoms with Gasteiger partial charge in [-0.05, 0) is 42.5 Å². The van der Waals surface area contributed by atoms with Crippen molar-refractivity contribution in [1.29, 1.82) is 0 Å². The van der Waals surface area contributed by atoms with Gasteiger partial charge in [-0.25, -0.2) is 0 Å². The van der Waals surface area contributed by atoms with Gasteiger partial charge in [0.25, 0.3) is 5.69 Å². The molecule has 0 radical (unpaired) electrons. The molecule has 192 valence electrons. The van der Waals surface area contributed by atoms with Crippen LogP contribution in [-0.2, 0) is 4.79 Å². The molecule has 0 aromatic heterocycles. The van der Waals surface area contributed by atoms with E-state index in [2.05, 4.69) is 20.8 Å². The largest absolute Gasteiger partial charge is 0.872 e. The van der Waals surface area contributed by atoms with Gasteiger partial charge < -0.3 is 5.11 Å². The van der Waals surface area contributed by atoms with Crippen molar-refractivity contribution in [2.75, 3.05) is 18.5 Å². The van der Waals surface area contributed by atoms with Crippen LogP contribution in [0.1, 0.15) is 86.4 Å². The van der Waals surface area contributed by atoms with Crippen LogP contribution in [0.15, 0.2) is 54.1 Å². The highest BCUT2D eigenvalue weighted by Crippen LogP contribution is 2.74. The van der Waals surface area contributed by atoms with Crippen LogP contribution in [0.25, 0.3) is 5.76 Å². The number of hydrogen-bond donors (Lipinski definition) is 0. The van der Waals surface area contributed by atoms with Gasteiger partial charge in [-0.2, -0.15) is 0 Å². The van der Waals surface area contributed by atoms with Crippen LogP contribution in [0.2, 0.25) is 0 Å². The van der Waals surface area contributed by atoms with Crippen LogP contribution in [0, 0.1) is 10.1 Å². The Bertz CT molecular complexity index is 1120. The minimum Gasteiger partial charge on any atom is -0.872 e. The summed E-state index contributed by atoms with van der Waals surface area (Å²) < 4.78 is 0. The molecule has 7 heteroatoms. The van der Waals surface area contributed by atoms with E-state index in [1.165, 1.54) is 12.1 Å². The zero-order chi connectivity index (χ0) is 26.3. The predicted molar refractivity (Wildman–Crippen MR) is 145 cm³/mol. The first-order valence-corrected chi connectivity index (χ1v) is 15.4. The quantitative estimate of drug-likeness (QED) is 0.131. The minimum atomic E-state index is -2.00. The summed E-state index contributed by atoms with van der Waals surface area (Å²) in [6, 6.07) is 12.8. The number of rotatable bonds is 13. The van der Waals surface area contributed by atoms with Crippen molar-refractivity contribution in [3.8, 4) is 0 Å². The van der Waals surface area contributed by atoms with Gasteiger partial charge in [0.1, 0.15) is 5.66 Å². The second-order valence-electron chi connectivity index (χ2n) is 9.65. The molecule has 0 fully saturated rings. The van der Waals surface area contributed by atoms with Crippen molar-refractivity contribution < 1.29 is 19.6 Å². The van der Waals surface area contributed by atoms with Gasteiger partial charge in [0, 0.05) is 30.5 Å². The van der Waals surface area contributed by atoms with Crippen LogP contribution in [0.3, 0.4) is 0 Å². The number of Topliss-reactive ketones (excluding diaryl/α,β-unsaturated/α-hetero) is 2. The fourth-order valence-electron chi connectivity index (χ4n) is 5.30. The number of carbonyl (C=O) groups excluding carboxylic acids is 2. The molecule has 0 aliphatic heterocycles. The highest BCUT2D eigenvalue weighted by Gasteiger charge is 2.50. The highest BCUT2D eigenvalue weighted by atomic mass is 31.2. The van der Waals surface area contributed by atoms with E-state index in [1.54, 1.807) is 36.4 Å². The van der Waals surface area contributed by atoms with Gasteiger partial charge in [0.05, 0.1) is 23.4 Å². The lowest BCUT2D eigenvalue weighted by atomic mass is 9.85. The molecule has 3 rings (SSSR count). The first-order valence-electron chi connectivity index (χ1n) is 13.0. The van der Waals surface area contributed by atoms with Crippen LogP contribution in [0.4, 0.5) is 5.69 Å². The van der Waals surface area contributed by atoms with Gasteiger partial charge >= 0.3 is 0 Å². The fraction of sp³-hybridized carbons (Fsp3) is 0.448. The molecule has 0 saturated carbocycles. The number of nitro groups is 1. The molecule has 36 heavy (non-hydrogen) atoms. The zero-order valence-corrected chi connectivity index (χ0v) is 22.4. The molecular weight excluding hydrogens is 473 g/mol. The number of hydrogen-bond acceptors (Lipinski definition) is 5. The monoisotopic (exact) mass is 509 g/mol. The lowest BCUT2D eigenvalue weighted by molar-refractivity contribution is -0.384. The Balaban J connectivity index is 2.33. The Morgan fingerprint density at radius 3 is 1.75 bits per heavy atom. The summed E-state index contributed by atoms with van der Waals surface area (Å²) in [5.41, 5.74) is 0.720. The van der Waals surface area contributed by atoms with E-state index in [9.17, 15) is 24.8 Å². The lowest BCUT2D eigenvalue weighted by Gasteiger charge is -2.39. The summed E-state index contributed by atoms with van der Waals surface area (Å²) in [7, 11) is -2.00. The second-order valence-corrected chi connectivity index (χ2v) is 13.9. The average molecular weight is 510 g/mol. The molecule has 0 spiro atoms. The summed E-state index contributed by atoms with van der Waals surface area (Å²) in [5.74, 6) is -1.71. The Morgan fingerprint density at radius 1 is 0.778 bits per heavy atom. The third kappa shape index (κ3) is 5.59. The number of benzene rings is 2. The SMILES string of the molecule is CCCC[P+](CCCC)(CCCC)C(C1=C([O-])c2ccccc2C(=O)C1=O)c1ccc([N+](=O)[O-])cc1. The molecule has 0 N–H and O–H groups in total. The average Bonchev–Trinajstić information content (AvgIpc) is 2.90. The number of fused-ring (bicyclic) bond motifs is 1. The number of ketones is 2. The number of nitrogens with zero attached hydrogens (tertiary/aromatic N) is 1. The Kier molecular flexibility index (Phi) is 9.56. The highest BCUT2D eigenvalue weighted by molar-refractivity contribution is 7.76. The summed E-state index contributed by atoms with van der Waals surface area (Å²) in [4.78, 5) is 37.8. The summed E-state index contributed by atoms with van der Waals surface area (Å²) in [5, 5.41) is 25.3. The van der Waals surface area contributed by atoms with E-state index in [1.807, 2.05) is 0 Å². The molecule has 0 saturated heterocycles. The summed E-state index contributed by atoms with van der Waals surface area (Å²) in [6.45, 7) is 6.41. The van der Waals surface area contributed by atoms with E-state index in [-0.39, 0.29) is 28.1 Å². The first-order chi connectivity index (χ1) is 17.3. The van der Waals surface area contributed by atoms with Crippen molar-refractivity contribution in [2.45, 2.75) is 65.0 Å². The van der Waals surface area contributed by atoms with Gasteiger partial charge in [-0.1, -0.05) is 70.1 Å². The molecule has 0 heterocycles. The summed E-state index contributed by atoms with van der Waals surface area (Å²) in [6.07, 6.45) is 8.67. The van der Waals surface area contributed by atoms with Crippen molar-refractivity contribution in [2.24, 2.45) is 0 Å². The minimum absolute atomic E-state index is 0.0372. The predicted octanol–water partition coefficient (Wildman–Crippen LogP) is 6.59. The third-order valence-corrected chi connectivity index (χ3v) is 12.5. The second kappa shape index (κ2) is 12.4. The molecule has 2 aromatic rings. The topological polar surface area (TPSA) is 100 Å². The normalized spacial score (nSPS) is 14.6. The van der Waals surface area contributed by atoms with Gasteiger partial charge in [-0.3, -0.25) is 19.7 Å². The molecule has 1 aliphatic carbocycles. The number of nitro benzene ring substituents is 1. The first kappa shape index (κ1) is 27.7. The molecular formula is C29H36NO5P. The van der Waals surface area contributed by atoms with E-state index < -0.39 is 29.4 Å². The van der Waals surface area contributed by atoms with Crippen LogP contribution < -0.4 is 5.11 Å². The smallest absolute Gasteiger partial charge is 0.269 e. The van der Waals surface area contributed by atoms with E-state index in [0.29, 0.717) is 0 Å². The number of carbonyl (C=O) groups is 2. The van der Waals surface area contributed by atoms with Crippen molar-refractivity contribution in [1.82, 2.24) is 0 Å². The molecule has 1 atom stereocenters. The van der Waals surface area contributed by atoms with Gasteiger partial charge in [0.15, 0.2) is 0 Å². The molecule has 1 unspecified atom stereocenters. The van der Waals surface area contributed by atoms with Crippen molar-refractivity contribution in [3.05, 3.63) is 80.9 Å². The number of unbranched alkanes of at least 4 members (excludes halogenated alkanes) is 3. The van der Waals surface area contributed by atoms with Crippen molar-refractivity contribution in [3.63, 3.8) is 0 Å². The van der Waals surface area contributed by atoms with Gasteiger partial charge in [-0.15, -0.1) is 0 Å². The van der Waals surface area contributed by atoms with Crippen LogP contribution in [0.5, 0.6) is 0 Å². The van der Waals surface area contributed by atoms with E-state index in [4.69, 9.17) is 0 Å². The van der Waals surface area contributed by atoms with Crippen molar-refractivity contribution >= 4 is 30.3 Å². The van der Waals surface area contributed by atoms with E-state index >= 15 is 0 Å². The Morgan fingerprint density at radius 2 is 1.28 bits per heavy atom. The third-order valence-electron chi connectivity index (χ3n) is 7.22. The molecule has 0 bridgehead atoms. The zero-order valence-electron chi connectivity index (χ0n) is 21.5. The Labute approximate surface area is 214 Å². The number of allylic oxidation sites excluding steroid dienone is 1. The van der Waals surface area contributed by atoms with Gasteiger partial charge in [0.2, 0.25) is 11.6 Å². The molecule has 1 aliphatic rings. The maximum absolute atomic E-state index is 13.9. The maximum Gasteiger partial charge on any atom is 0.269 e. The molecule has 2 aromatic carbocycles. The standard InChI is InChI=1S/C29H36NO5P/c1-4-7-18-36(19-8-5-2,20-9-6-3)29(21-14-16-22(17-15-21)30(34)35)25-26(31)23-12-10-11-13-24(23)27(32)28(25)33/h10-17,29H,4-9,18-20H2,1-3H3. The number of non-ortho nitro benzene ring substituents is 1. The maximum atomic E-state index is 13.9. The van der Waals surface area contributed by atoms with E-state index in [0.717, 1.165) is 62.6 Å². The van der Waals surface area contributed by atoms with Crippen LogP contribution >= 0.6 is 7.26 Å². The lowest BCUT2D eigenvalue weighted by Crippen LogP contribution is -2.33. The molecule has 0 amide bonds.